The van der Waals surface area contributed by atoms with Gasteiger partial charge in [-0.05, 0) is 28.9 Å². The van der Waals surface area contributed by atoms with Crippen LogP contribution in [0, 0.1) is 0 Å². The Kier molecular flexibility index (Phi) is 5.54. The Morgan fingerprint density at radius 3 is 2.33 bits per heavy atom. The highest BCUT2D eigenvalue weighted by Gasteiger charge is 1.97. The van der Waals surface area contributed by atoms with Crippen LogP contribution in [0.5, 0.6) is 0 Å². The summed E-state index contributed by atoms with van der Waals surface area (Å²) in [7, 11) is 0. The van der Waals surface area contributed by atoms with Crippen molar-refractivity contribution in [2.45, 2.75) is 20.8 Å². The number of nitrogens with zero attached hydrogens (tertiary/aromatic N) is 1. The number of hydrogen-bond acceptors (Lipinski definition) is 2. The molecule has 66 valence electrons. The SMILES string of the molecule is CC.CC(=O)c1cncc(Br)c1. The van der Waals surface area contributed by atoms with Crippen molar-refractivity contribution < 1.29 is 4.79 Å². The molecule has 0 atom stereocenters. The molecule has 0 saturated heterocycles. The molecule has 3 heteroatoms. The van der Waals surface area contributed by atoms with Gasteiger partial charge in [-0.2, -0.15) is 0 Å². The van der Waals surface area contributed by atoms with Crippen LogP contribution < -0.4 is 0 Å². The first-order valence-electron chi connectivity index (χ1n) is 3.81. The summed E-state index contributed by atoms with van der Waals surface area (Å²) in [5.74, 6) is 0.0359. The van der Waals surface area contributed by atoms with Crippen LogP contribution >= 0.6 is 15.9 Å². The van der Waals surface area contributed by atoms with Crippen molar-refractivity contribution in [3.63, 3.8) is 0 Å². The number of rotatable bonds is 1. The molecule has 0 saturated carbocycles. The van der Waals surface area contributed by atoms with Crippen molar-refractivity contribution in [1.82, 2.24) is 4.98 Å². The van der Waals surface area contributed by atoms with Gasteiger partial charge in [-0.25, -0.2) is 0 Å². The van der Waals surface area contributed by atoms with Gasteiger partial charge in [-0.3, -0.25) is 9.78 Å². The van der Waals surface area contributed by atoms with Crippen molar-refractivity contribution >= 4 is 21.7 Å². The predicted octanol–water partition coefficient (Wildman–Crippen LogP) is 3.07. The summed E-state index contributed by atoms with van der Waals surface area (Å²) in [6, 6.07) is 1.75. The van der Waals surface area contributed by atoms with E-state index in [1.165, 1.54) is 6.92 Å². The van der Waals surface area contributed by atoms with Crippen molar-refractivity contribution in [3.05, 3.63) is 28.5 Å². The summed E-state index contributed by atoms with van der Waals surface area (Å²) < 4.78 is 0.834. The Balaban J connectivity index is 0.000000561. The van der Waals surface area contributed by atoms with Gasteiger partial charge in [-0.1, -0.05) is 13.8 Å². The molecule has 2 nitrogen and oxygen atoms in total. The average Bonchev–Trinajstić information content (AvgIpc) is 2.08. The largest absolute Gasteiger partial charge is 0.294 e. The third-order valence-corrected chi connectivity index (χ3v) is 1.55. The molecular formula is C9H12BrNO. The van der Waals surface area contributed by atoms with E-state index in [0.717, 1.165) is 4.47 Å². The fourth-order valence-corrected chi connectivity index (χ4v) is 0.969. The molecule has 0 aromatic carbocycles. The second-order valence-corrected chi connectivity index (χ2v) is 2.86. The number of pyridine rings is 1. The van der Waals surface area contributed by atoms with Crippen molar-refractivity contribution in [3.8, 4) is 0 Å². The Labute approximate surface area is 81.1 Å². The Hall–Kier alpha value is -0.700. The van der Waals surface area contributed by atoms with E-state index in [1.54, 1.807) is 18.5 Å². The zero-order valence-electron chi connectivity index (χ0n) is 7.47. The lowest BCUT2D eigenvalue weighted by molar-refractivity contribution is 0.101. The predicted molar refractivity (Wildman–Crippen MR) is 53.3 cm³/mol. The normalized spacial score (nSPS) is 8.33. The van der Waals surface area contributed by atoms with Crippen LogP contribution in [0.4, 0.5) is 0 Å². The van der Waals surface area contributed by atoms with E-state index in [1.807, 2.05) is 13.8 Å². The first-order chi connectivity index (χ1) is 5.70. The quantitative estimate of drug-likeness (QED) is 0.694. The Bertz CT molecular complexity index is 260. The molecular weight excluding hydrogens is 218 g/mol. The lowest BCUT2D eigenvalue weighted by atomic mass is 10.2. The fourth-order valence-electron chi connectivity index (χ4n) is 0.604. The van der Waals surface area contributed by atoms with Crippen molar-refractivity contribution in [2.24, 2.45) is 0 Å². The second-order valence-electron chi connectivity index (χ2n) is 1.95. The molecule has 1 heterocycles. The molecule has 0 aliphatic carbocycles. The molecule has 0 aliphatic rings. The van der Waals surface area contributed by atoms with Crippen molar-refractivity contribution in [1.29, 1.82) is 0 Å². The number of Topliss-reactive ketones (excluding diaryl/α,β-unsaturated/α-hetero) is 1. The highest BCUT2D eigenvalue weighted by Crippen LogP contribution is 2.09. The van der Waals surface area contributed by atoms with Gasteiger partial charge in [-0.15, -0.1) is 0 Å². The maximum atomic E-state index is 10.7. The third kappa shape index (κ3) is 3.62. The van der Waals surface area contributed by atoms with Gasteiger partial charge in [0, 0.05) is 22.4 Å². The van der Waals surface area contributed by atoms with Crippen LogP contribution in [-0.2, 0) is 0 Å². The lowest BCUT2D eigenvalue weighted by Crippen LogP contribution is -1.91. The minimum absolute atomic E-state index is 0.0359. The summed E-state index contributed by atoms with van der Waals surface area (Å²) in [5, 5.41) is 0. The minimum atomic E-state index is 0.0359. The van der Waals surface area contributed by atoms with Gasteiger partial charge in [0.15, 0.2) is 5.78 Å². The smallest absolute Gasteiger partial charge is 0.161 e. The molecule has 0 aliphatic heterocycles. The molecule has 1 rings (SSSR count). The van der Waals surface area contributed by atoms with Gasteiger partial charge in [0.05, 0.1) is 0 Å². The number of hydrogen-bond donors (Lipinski definition) is 0. The minimum Gasteiger partial charge on any atom is -0.294 e. The van der Waals surface area contributed by atoms with Crippen LogP contribution in [0.1, 0.15) is 31.1 Å². The van der Waals surface area contributed by atoms with E-state index in [9.17, 15) is 4.79 Å². The maximum Gasteiger partial charge on any atom is 0.161 e. The Morgan fingerprint density at radius 2 is 2.00 bits per heavy atom. The number of carbonyl (C=O) groups is 1. The second kappa shape index (κ2) is 5.89. The molecule has 0 bridgehead atoms. The molecule has 0 radical (unpaired) electrons. The molecule has 0 unspecified atom stereocenters. The summed E-state index contributed by atoms with van der Waals surface area (Å²) in [5.41, 5.74) is 0.634. The summed E-state index contributed by atoms with van der Waals surface area (Å²) in [4.78, 5) is 14.6. The summed E-state index contributed by atoms with van der Waals surface area (Å²) >= 11 is 3.22. The molecule has 12 heavy (non-hydrogen) atoms. The van der Waals surface area contributed by atoms with Gasteiger partial charge < -0.3 is 0 Å². The zero-order valence-corrected chi connectivity index (χ0v) is 9.05. The number of carbonyl (C=O) groups excluding carboxylic acids is 1. The topological polar surface area (TPSA) is 30.0 Å². The Morgan fingerprint density at radius 1 is 1.42 bits per heavy atom. The molecule has 0 fully saturated rings. The van der Waals surface area contributed by atoms with E-state index in [2.05, 4.69) is 20.9 Å². The number of aromatic nitrogens is 1. The first-order valence-corrected chi connectivity index (χ1v) is 4.61. The fraction of sp³-hybridized carbons (Fsp3) is 0.333. The van der Waals surface area contributed by atoms with Gasteiger partial charge in [0.1, 0.15) is 0 Å². The summed E-state index contributed by atoms with van der Waals surface area (Å²) in [6.07, 6.45) is 3.19. The van der Waals surface area contributed by atoms with Crippen LogP contribution in [0.15, 0.2) is 22.9 Å². The third-order valence-electron chi connectivity index (χ3n) is 1.11. The zero-order chi connectivity index (χ0) is 9.56. The lowest BCUT2D eigenvalue weighted by Gasteiger charge is -1.92. The number of halogens is 1. The van der Waals surface area contributed by atoms with Crippen LogP contribution in [0.25, 0.3) is 0 Å². The van der Waals surface area contributed by atoms with E-state index >= 15 is 0 Å². The number of ketones is 1. The highest BCUT2D eigenvalue weighted by molar-refractivity contribution is 9.10. The first kappa shape index (κ1) is 11.3. The molecule has 1 aromatic heterocycles. The van der Waals surface area contributed by atoms with Crippen molar-refractivity contribution in [2.75, 3.05) is 0 Å². The van der Waals surface area contributed by atoms with E-state index in [0.29, 0.717) is 5.56 Å². The van der Waals surface area contributed by atoms with Crippen LogP contribution in [-0.4, -0.2) is 10.8 Å². The van der Waals surface area contributed by atoms with E-state index < -0.39 is 0 Å². The van der Waals surface area contributed by atoms with Gasteiger partial charge in [0.25, 0.3) is 0 Å². The molecule has 1 aromatic rings. The maximum absolute atomic E-state index is 10.7. The molecule has 0 N–H and O–H groups in total. The molecule has 0 spiro atoms. The monoisotopic (exact) mass is 229 g/mol. The average molecular weight is 230 g/mol. The standard InChI is InChI=1S/C7H6BrNO.C2H6/c1-5(10)6-2-7(8)4-9-3-6;1-2/h2-4H,1H3;1-2H3. The van der Waals surface area contributed by atoms with Gasteiger partial charge >= 0.3 is 0 Å². The van der Waals surface area contributed by atoms with E-state index in [-0.39, 0.29) is 5.78 Å². The summed E-state index contributed by atoms with van der Waals surface area (Å²) in [6.45, 7) is 5.52. The van der Waals surface area contributed by atoms with Crippen LogP contribution in [0.3, 0.4) is 0 Å². The highest BCUT2D eigenvalue weighted by atomic mass is 79.9. The molecule has 0 amide bonds. The van der Waals surface area contributed by atoms with E-state index in [4.69, 9.17) is 0 Å². The van der Waals surface area contributed by atoms with Crippen LogP contribution in [0.2, 0.25) is 0 Å². The van der Waals surface area contributed by atoms with Gasteiger partial charge in [0.2, 0.25) is 0 Å².